The molecule has 1 heteroatoms. The zero-order chi connectivity index (χ0) is 20.5. The molecule has 0 N–H and O–H groups in total. The van der Waals surface area contributed by atoms with E-state index in [4.69, 9.17) is 11.6 Å². The maximum Gasteiger partial charge on any atom is 0.0444 e. The van der Waals surface area contributed by atoms with E-state index >= 15 is 0 Å². The Balaban J connectivity index is 1.67. The molecule has 3 rings (SSSR count). The van der Waals surface area contributed by atoms with Crippen LogP contribution >= 0.6 is 11.6 Å². The molecule has 0 fully saturated rings. The Bertz CT molecular complexity index is 875. The first-order valence-corrected chi connectivity index (χ1v) is 11.6. The van der Waals surface area contributed by atoms with Gasteiger partial charge in [0.05, 0.1) is 0 Å². The predicted octanol–water partition coefficient (Wildman–Crippen LogP) is 9.14. The summed E-state index contributed by atoms with van der Waals surface area (Å²) in [6.07, 6.45) is 9.84. The van der Waals surface area contributed by atoms with Crippen molar-refractivity contribution in [3.63, 3.8) is 0 Å². The van der Waals surface area contributed by atoms with Gasteiger partial charge in [-0.3, -0.25) is 0 Å². The van der Waals surface area contributed by atoms with Gasteiger partial charge in [-0.2, -0.15) is 0 Å². The summed E-state index contributed by atoms with van der Waals surface area (Å²) >= 11 is 6.55. The zero-order valence-corrected chi connectivity index (χ0v) is 18.6. The number of unbranched alkanes of at least 4 members (excludes halogenated alkanes) is 4. The third-order valence-corrected chi connectivity index (χ3v) is 6.03. The number of hydrogen-bond donors (Lipinski definition) is 0. The van der Waals surface area contributed by atoms with Gasteiger partial charge in [0.2, 0.25) is 0 Å². The first kappa shape index (κ1) is 21.7. The van der Waals surface area contributed by atoms with Crippen LogP contribution in [0, 0.1) is 0 Å². The van der Waals surface area contributed by atoms with E-state index in [2.05, 4.69) is 80.6 Å². The second-order valence-electron chi connectivity index (χ2n) is 7.99. The number of benzene rings is 3. The van der Waals surface area contributed by atoms with E-state index in [9.17, 15) is 0 Å². The van der Waals surface area contributed by atoms with Crippen LogP contribution in [0.1, 0.15) is 63.5 Å². The molecule has 0 aromatic heterocycles. The molecule has 0 aliphatic carbocycles. The molecule has 0 spiro atoms. The lowest BCUT2D eigenvalue weighted by Crippen LogP contribution is -1.89. The Hall–Kier alpha value is -2.05. The highest BCUT2D eigenvalue weighted by atomic mass is 35.5. The molecule has 0 atom stereocenters. The van der Waals surface area contributed by atoms with Crippen LogP contribution in [0.5, 0.6) is 0 Å². The molecular weight excluding hydrogens is 372 g/mol. The topological polar surface area (TPSA) is 0 Å². The van der Waals surface area contributed by atoms with E-state index in [0.717, 1.165) is 11.4 Å². The van der Waals surface area contributed by atoms with Crippen molar-refractivity contribution in [1.29, 1.82) is 0 Å². The van der Waals surface area contributed by atoms with Crippen molar-refractivity contribution < 1.29 is 0 Å². The van der Waals surface area contributed by atoms with E-state index in [1.807, 2.05) is 0 Å². The Labute approximate surface area is 181 Å². The Kier molecular flexibility index (Phi) is 8.38. The Morgan fingerprint density at radius 3 is 1.59 bits per heavy atom. The minimum Gasteiger partial charge on any atom is -0.0840 e. The highest BCUT2D eigenvalue weighted by Gasteiger charge is 2.05. The smallest absolute Gasteiger partial charge is 0.0444 e. The van der Waals surface area contributed by atoms with Gasteiger partial charge in [0, 0.05) is 5.02 Å². The third kappa shape index (κ3) is 6.21. The lowest BCUT2D eigenvalue weighted by Gasteiger charge is -2.09. The van der Waals surface area contributed by atoms with Crippen molar-refractivity contribution in [2.45, 2.75) is 65.2 Å². The molecule has 29 heavy (non-hydrogen) atoms. The average molecular weight is 405 g/mol. The number of rotatable bonds is 10. The van der Waals surface area contributed by atoms with E-state index in [1.165, 1.54) is 78.3 Å². The summed E-state index contributed by atoms with van der Waals surface area (Å²) in [4.78, 5) is 0. The van der Waals surface area contributed by atoms with Gasteiger partial charge in [-0.25, -0.2) is 0 Å². The maximum absolute atomic E-state index is 6.55. The molecule has 0 aliphatic heterocycles. The van der Waals surface area contributed by atoms with Crippen molar-refractivity contribution >= 4 is 11.6 Å². The molecular formula is C28H33Cl. The summed E-state index contributed by atoms with van der Waals surface area (Å²) < 4.78 is 0. The Morgan fingerprint density at radius 1 is 0.552 bits per heavy atom. The van der Waals surface area contributed by atoms with Gasteiger partial charge in [0.1, 0.15) is 0 Å². The molecule has 0 aliphatic rings. The molecule has 0 amide bonds. The average Bonchev–Trinajstić information content (AvgIpc) is 2.76. The van der Waals surface area contributed by atoms with Gasteiger partial charge < -0.3 is 0 Å². The summed E-state index contributed by atoms with van der Waals surface area (Å²) in [6, 6.07) is 24.4. The summed E-state index contributed by atoms with van der Waals surface area (Å²) in [5.74, 6) is 0. The first-order chi connectivity index (χ1) is 14.2. The van der Waals surface area contributed by atoms with Gasteiger partial charge in [-0.05, 0) is 65.1 Å². The van der Waals surface area contributed by atoms with E-state index in [1.54, 1.807) is 0 Å². The largest absolute Gasteiger partial charge is 0.0840 e. The highest BCUT2D eigenvalue weighted by molar-refractivity contribution is 6.31. The predicted molar refractivity (Wildman–Crippen MR) is 129 cm³/mol. The molecule has 0 bridgehead atoms. The number of hydrogen-bond acceptors (Lipinski definition) is 0. The molecule has 3 aromatic carbocycles. The van der Waals surface area contributed by atoms with Crippen molar-refractivity contribution in [3.05, 3.63) is 82.9 Å². The lowest BCUT2D eigenvalue weighted by molar-refractivity contribution is 0.717. The Morgan fingerprint density at radius 2 is 1.03 bits per heavy atom. The van der Waals surface area contributed by atoms with Crippen LogP contribution in [0.4, 0.5) is 0 Å². The van der Waals surface area contributed by atoms with Gasteiger partial charge in [0.15, 0.2) is 0 Å². The third-order valence-electron chi connectivity index (χ3n) is 5.68. The standard InChI is InChI=1S/C28H33Cl/c1-3-5-7-9-22-11-13-23(14-12-22)24-15-17-25(18-16-24)27-20-19-26(28(29)21-27)10-8-6-4-2/h11-21H,3-10H2,1-2H3. The summed E-state index contributed by atoms with van der Waals surface area (Å²) in [5, 5.41) is 0.890. The summed E-state index contributed by atoms with van der Waals surface area (Å²) in [6.45, 7) is 4.49. The molecule has 0 heterocycles. The van der Waals surface area contributed by atoms with Gasteiger partial charge in [-0.1, -0.05) is 112 Å². The van der Waals surface area contributed by atoms with E-state index in [-0.39, 0.29) is 0 Å². The van der Waals surface area contributed by atoms with E-state index < -0.39 is 0 Å². The van der Waals surface area contributed by atoms with Crippen molar-refractivity contribution in [1.82, 2.24) is 0 Å². The van der Waals surface area contributed by atoms with Crippen LogP contribution in [0.3, 0.4) is 0 Å². The van der Waals surface area contributed by atoms with Gasteiger partial charge >= 0.3 is 0 Å². The highest BCUT2D eigenvalue weighted by Crippen LogP contribution is 2.29. The van der Waals surface area contributed by atoms with Gasteiger partial charge in [0.25, 0.3) is 0 Å². The van der Waals surface area contributed by atoms with Crippen LogP contribution in [-0.4, -0.2) is 0 Å². The van der Waals surface area contributed by atoms with Crippen molar-refractivity contribution in [2.24, 2.45) is 0 Å². The molecule has 0 nitrogen and oxygen atoms in total. The number of halogens is 1. The van der Waals surface area contributed by atoms with Crippen molar-refractivity contribution in [2.75, 3.05) is 0 Å². The maximum atomic E-state index is 6.55. The molecule has 152 valence electrons. The monoisotopic (exact) mass is 404 g/mol. The quantitative estimate of drug-likeness (QED) is 0.295. The molecule has 0 unspecified atom stereocenters. The minimum atomic E-state index is 0.890. The van der Waals surface area contributed by atoms with Gasteiger partial charge in [-0.15, -0.1) is 0 Å². The molecule has 3 aromatic rings. The SMILES string of the molecule is CCCCCc1ccc(-c2ccc(-c3ccc(CCCCC)c(Cl)c3)cc2)cc1. The summed E-state index contributed by atoms with van der Waals surface area (Å²) in [5.41, 5.74) is 7.64. The molecule has 0 saturated heterocycles. The van der Waals surface area contributed by atoms with Crippen LogP contribution in [0.25, 0.3) is 22.3 Å². The van der Waals surface area contributed by atoms with Crippen molar-refractivity contribution in [3.8, 4) is 22.3 Å². The fraction of sp³-hybridized carbons (Fsp3) is 0.357. The lowest BCUT2D eigenvalue weighted by atomic mass is 9.97. The van der Waals surface area contributed by atoms with Crippen LogP contribution in [0.15, 0.2) is 66.7 Å². The molecule has 0 saturated carbocycles. The minimum absolute atomic E-state index is 0.890. The summed E-state index contributed by atoms with van der Waals surface area (Å²) in [7, 11) is 0. The fourth-order valence-corrected chi connectivity index (χ4v) is 4.07. The molecule has 0 radical (unpaired) electrons. The normalized spacial score (nSPS) is 11.0. The van der Waals surface area contributed by atoms with E-state index in [0.29, 0.717) is 0 Å². The second kappa shape index (κ2) is 11.2. The number of aryl methyl sites for hydroxylation is 2. The van der Waals surface area contributed by atoms with Crippen LogP contribution in [-0.2, 0) is 12.8 Å². The fourth-order valence-electron chi connectivity index (χ4n) is 3.79. The first-order valence-electron chi connectivity index (χ1n) is 11.2. The van der Waals surface area contributed by atoms with Crippen LogP contribution in [0.2, 0.25) is 5.02 Å². The van der Waals surface area contributed by atoms with Crippen LogP contribution < -0.4 is 0 Å². The second-order valence-corrected chi connectivity index (χ2v) is 8.40. The zero-order valence-electron chi connectivity index (χ0n) is 17.9.